The number of carbonyl (C=O) groups is 1. The van der Waals surface area contributed by atoms with Crippen molar-refractivity contribution in [1.29, 1.82) is 0 Å². The Kier molecular flexibility index (Phi) is 4.82. The first-order valence-corrected chi connectivity index (χ1v) is 8.26. The highest BCUT2D eigenvalue weighted by Crippen LogP contribution is 2.40. The number of rotatable bonds is 4. The molecule has 0 aliphatic carbocycles. The number of carbonyl (C=O) groups excluding carboxylic acids is 1. The van der Waals surface area contributed by atoms with E-state index in [1.807, 2.05) is 4.90 Å². The predicted octanol–water partition coefficient (Wildman–Crippen LogP) is 1.60. The third-order valence-corrected chi connectivity index (χ3v) is 5.21. The van der Waals surface area contributed by atoms with Crippen molar-refractivity contribution < 1.29 is 19.0 Å². The summed E-state index contributed by atoms with van der Waals surface area (Å²) in [6, 6.07) is 0. The Labute approximate surface area is 126 Å². The van der Waals surface area contributed by atoms with Crippen molar-refractivity contribution in [2.45, 2.75) is 50.2 Å². The van der Waals surface area contributed by atoms with Gasteiger partial charge in [-0.1, -0.05) is 0 Å². The average molecular weight is 297 g/mol. The van der Waals surface area contributed by atoms with Crippen LogP contribution in [0, 0.1) is 5.92 Å². The number of nitrogens with zero attached hydrogens (tertiary/aromatic N) is 1. The van der Waals surface area contributed by atoms with Crippen LogP contribution in [0.3, 0.4) is 0 Å². The van der Waals surface area contributed by atoms with E-state index in [0.717, 1.165) is 71.4 Å². The van der Waals surface area contributed by atoms with Crippen LogP contribution in [0.2, 0.25) is 0 Å². The summed E-state index contributed by atoms with van der Waals surface area (Å²) < 4.78 is 16.8. The van der Waals surface area contributed by atoms with Gasteiger partial charge in [0.05, 0.1) is 12.2 Å². The van der Waals surface area contributed by atoms with Crippen molar-refractivity contribution in [3.05, 3.63) is 0 Å². The van der Waals surface area contributed by atoms with Gasteiger partial charge in [0.15, 0.2) is 0 Å². The molecule has 3 heterocycles. The molecule has 2 atom stereocenters. The number of piperidine rings is 1. The molecule has 120 valence electrons. The Bertz CT molecular complexity index is 359. The molecule has 0 aromatic rings. The van der Waals surface area contributed by atoms with Crippen LogP contribution in [0.4, 0.5) is 0 Å². The lowest BCUT2D eigenvalue weighted by Gasteiger charge is -2.39. The van der Waals surface area contributed by atoms with Gasteiger partial charge in [0.1, 0.15) is 6.10 Å². The second-order valence-corrected chi connectivity index (χ2v) is 6.67. The van der Waals surface area contributed by atoms with Gasteiger partial charge in [0.25, 0.3) is 5.91 Å². The third-order valence-electron chi connectivity index (χ3n) is 5.21. The highest BCUT2D eigenvalue weighted by Gasteiger charge is 2.44. The molecule has 3 aliphatic heterocycles. The molecule has 0 aromatic carbocycles. The molecule has 0 bridgehead atoms. The number of methoxy groups -OCH3 is 1. The van der Waals surface area contributed by atoms with Crippen LogP contribution >= 0.6 is 0 Å². The van der Waals surface area contributed by atoms with E-state index < -0.39 is 0 Å². The third kappa shape index (κ3) is 3.41. The van der Waals surface area contributed by atoms with E-state index in [9.17, 15) is 4.79 Å². The smallest absolute Gasteiger partial charge is 0.251 e. The van der Waals surface area contributed by atoms with Crippen molar-refractivity contribution in [2.75, 3.05) is 40.0 Å². The molecular formula is C16H27NO4. The van der Waals surface area contributed by atoms with Gasteiger partial charge in [0, 0.05) is 33.4 Å². The molecule has 3 saturated heterocycles. The summed E-state index contributed by atoms with van der Waals surface area (Å²) in [5.41, 5.74) is 0.0196. The Morgan fingerprint density at radius 3 is 2.86 bits per heavy atom. The zero-order valence-corrected chi connectivity index (χ0v) is 13.0. The van der Waals surface area contributed by atoms with Crippen molar-refractivity contribution >= 4 is 5.91 Å². The summed E-state index contributed by atoms with van der Waals surface area (Å²) in [6.07, 6.45) is 5.85. The van der Waals surface area contributed by atoms with Gasteiger partial charge in [-0.05, 0) is 44.4 Å². The SMILES string of the molecule is COCC[C@@H]1COC2(CCN(C(=O)[C@@H]3CCCO3)CC2)C1. The Morgan fingerprint density at radius 2 is 2.19 bits per heavy atom. The minimum atomic E-state index is -0.182. The van der Waals surface area contributed by atoms with Crippen LogP contribution < -0.4 is 0 Å². The molecule has 0 radical (unpaired) electrons. The van der Waals surface area contributed by atoms with Crippen LogP contribution in [0.1, 0.15) is 38.5 Å². The molecule has 3 rings (SSSR count). The highest BCUT2D eigenvalue weighted by molar-refractivity contribution is 5.81. The summed E-state index contributed by atoms with van der Waals surface area (Å²) in [5, 5.41) is 0. The number of hydrogen-bond acceptors (Lipinski definition) is 4. The molecule has 1 amide bonds. The first-order chi connectivity index (χ1) is 10.2. The Balaban J connectivity index is 1.47. The standard InChI is InChI=1S/C16H27NO4/c1-19-10-4-13-11-16(21-12-13)5-7-17(8-6-16)15(18)14-3-2-9-20-14/h13-14H,2-12H2,1H3/t13-,14-/m0/s1. The van der Waals surface area contributed by atoms with Gasteiger partial charge < -0.3 is 19.1 Å². The number of amides is 1. The second-order valence-electron chi connectivity index (χ2n) is 6.67. The molecule has 3 aliphatic rings. The van der Waals surface area contributed by atoms with E-state index in [1.54, 1.807) is 7.11 Å². The van der Waals surface area contributed by atoms with E-state index >= 15 is 0 Å². The van der Waals surface area contributed by atoms with Crippen LogP contribution in [-0.2, 0) is 19.0 Å². The molecule has 21 heavy (non-hydrogen) atoms. The maximum atomic E-state index is 12.4. The lowest BCUT2D eigenvalue weighted by molar-refractivity contribution is -0.145. The second kappa shape index (κ2) is 6.63. The van der Waals surface area contributed by atoms with Crippen LogP contribution in [0.25, 0.3) is 0 Å². The van der Waals surface area contributed by atoms with E-state index in [1.165, 1.54) is 0 Å². The summed E-state index contributed by atoms with van der Waals surface area (Å²) in [5.74, 6) is 0.807. The van der Waals surface area contributed by atoms with Gasteiger partial charge >= 0.3 is 0 Å². The van der Waals surface area contributed by atoms with Gasteiger partial charge in [-0.2, -0.15) is 0 Å². The van der Waals surface area contributed by atoms with E-state index in [0.29, 0.717) is 5.92 Å². The molecule has 5 heteroatoms. The molecule has 0 aromatic heterocycles. The fourth-order valence-corrected chi connectivity index (χ4v) is 3.87. The zero-order chi connectivity index (χ0) is 14.7. The normalized spacial score (nSPS) is 32.0. The largest absolute Gasteiger partial charge is 0.385 e. The number of likely N-dealkylation sites (tertiary alicyclic amines) is 1. The quantitative estimate of drug-likeness (QED) is 0.791. The van der Waals surface area contributed by atoms with Crippen LogP contribution in [-0.4, -0.2) is 62.5 Å². The van der Waals surface area contributed by atoms with Crippen LogP contribution in [0.15, 0.2) is 0 Å². The molecule has 0 unspecified atom stereocenters. The topological polar surface area (TPSA) is 48.0 Å². The number of hydrogen-bond donors (Lipinski definition) is 0. The van der Waals surface area contributed by atoms with Crippen molar-refractivity contribution in [3.63, 3.8) is 0 Å². The minimum absolute atomic E-state index is 0.0196. The maximum absolute atomic E-state index is 12.4. The van der Waals surface area contributed by atoms with E-state index in [4.69, 9.17) is 14.2 Å². The van der Waals surface area contributed by atoms with Gasteiger partial charge in [-0.15, -0.1) is 0 Å². The van der Waals surface area contributed by atoms with Crippen LogP contribution in [0.5, 0.6) is 0 Å². The molecule has 0 saturated carbocycles. The molecular weight excluding hydrogens is 270 g/mol. The molecule has 3 fully saturated rings. The Hall–Kier alpha value is -0.650. The monoisotopic (exact) mass is 297 g/mol. The zero-order valence-electron chi connectivity index (χ0n) is 13.0. The summed E-state index contributed by atoms with van der Waals surface area (Å²) >= 11 is 0. The fraction of sp³-hybridized carbons (Fsp3) is 0.938. The van der Waals surface area contributed by atoms with Gasteiger partial charge in [-0.3, -0.25) is 4.79 Å². The average Bonchev–Trinajstić information content (AvgIpc) is 3.16. The van der Waals surface area contributed by atoms with E-state index in [2.05, 4.69) is 0 Å². The van der Waals surface area contributed by atoms with Gasteiger partial charge in [-0.25, -0.2) is 0 Å². The number of ether oxygens (including phenoxy) is 3. The summed E-state index contributed by atoms with van der Waals surface area (Å²) in [6.45, 7) is 4.03. The molecule has 1 spiro atoms. The van der Waals surface area contributed by atoms with Crippen molar-refractivity contribution in [1.82, 2.24) is 4.90 Å². The predicted molar refractivity (Wildman–Crippen MR) is 78.1 cm³/mol. The first-order valence-electron chi connectivity index (χ1n) is 8.26. The minimum Gasteiger partial charge on any atom is -0.385 e. The lowest BCUT2D eigenvalue weighted by atomic mass is 9.84. The van der Waals surface area contributed by atoms with E-state index in [-0.39, 0.29) is 17.6 Å². The fourth-order valence-electron chi connectivity index (χ4n) is 3.87. The maximum Gasteiger partial charge on any atom is 0.251 e. The van der Waals surface area contributed by atoms with Crippen molar-refractivity contribution in [2.24, 2.45) is 5.92 Å². The highest BCUT2D eigenvalue weighted by atomic mass is 16.5. The summed E-state index contributed by atoms with van der Waals surface area (Å²) in [4.78, 5) is 14.3. The van der Waals surface area contributed by atoms with Gasteiger partial charge in [0.2, 0.25) is 0 Å². The summed E-state index contributed by atoms with van der Waals surface area (Å²) in [7, 11) is 1.75. The molecule has 0 N–H and O–H groups in total. The lowest BCUT2D eigenvalue weighted by Crippen LogP contribution is -2.49. The first kappa shape index (κ1) is 15.3. The van der Waals surface area contributed by atoms with Crippen molar-refractivity contribution in [3.8, 4) is 0 Å². The Morgan fingerprint density at radius 1 is 1.38 bits per heavy atom. The molecule has 5 nitrogen and oxygen atoms in total.